The van der Waals surface area contributed by atoms with Crippen molar-refractivity contribution in [1.29, 1.82) is 0 Å². The molecule has 0 radical (unpaired) electrons. The van der Waals surface area contributed by atoms with Gasteiger partial charge in [-0.3, -0.25) is 0 Å². The molecule has 0 saturated heterocycles. The van der Waals surface area contributed by atoms with E-state index >= 15 is 0 Å². The quantitative estimate of drug-likeness (QED) is 0.638. The zero-order valence-electron chi connectivity index (χ0n) is 9.86. The van der Waals surface area contributed by atoms with E-state index < -0.39 is 5.97 Å². The molecule has 1 rings (SSSR count). The molecule has 0 amide bonds. The van der Waals surface area contributed by atoms with Crippen molar-refractivity contribution < 1.29 is 14.6 Å². The predicted octanol–water partition coefficient (Wildman–Crippen LogP) is 2.49. The zero-order chi connectivity index (χ0) is 12.7. The Kier molecular flexibility index (Phi) is 4.83. The topological polar surface area (TPSA) is 46.5 Å². The first-order valence-corrected chi connectivity index (χ1v) is 5.17. The average molecular weight is 230 g/mol. The van der Waals surface area contributed by atoms with Gasteiger partial charge >= 0.3 is 5.97 Å². The molecule has 1 aromatic rings. The molecule has 3 heteroatoms. The van der Waals surface area contributed by atoms with Crippen molar-refractivity contribution in [2.24, 2.45) is 0 Å². The molecule has 0 bridgehead atoms. The Bertz CT molecular complexity index is 490. The molecule has 0 heterocycles. The number of rotatable bonds is 4. The van der Waals surface area contributed by atoms with E-state index in [4.69, 9.17) is 9.84 Å². The molecule has 0 aliphatic rings. The van der Waals surface area contributed by atoms with Crippen molar-refractivity contribution in [2.75, 3.05) is 6.61 Å². The van der Waals surface area contributed by atoms with Crippen LogP contribution in [0.5, 0.6) is 5.75 Å². The molecule has 0 saturated carbocycles. The van der Waals surface area contributed by atoms with Gasteiger partial charge in [-0.05, 0) is 32.1 Å². The molecule has 0 spiro atoms. The minimum absolute atomic E-state index is 0.299. The van der Waals surface area contributed by atoms with Crippen molar-refractivity contribution in [3.8, 4) is 17.6 Å². The number of aryl methyl sites for hydroxylation is 1. The van der Waals surface area contributed by atoms with E-state index in [1.165, 1.54) is 6.08 Å². The van der Waals surface area contributed by atoms with Crippen LogP contribution in [-0.4, -0.2) is 17.7 Å². The molecule has 0 aliphatic carbocycles. The number of aliphatic carboxylic acids is 1. The lowest BCUT2D eigenvalue weighted by atomic mass is 10.1. The van der Waals surface area contributed by atoms with Gasteiger partial charge in [0.1, 0.15) is 12.4 Å². The summed E-state index contributed by atoms with van der Waals surface area (Å²) in [6, 6.07) is 5.59. The van der Waals surface area contributed by atoms with Crippen molar-refractivity contribution in [3.05, 3.63) is 35.4 Å². The van der Waals surface area contributed by atoms with E-state index in [-0.39, 0.29) is 0 Å². The summed E-state index contributed by atoms with van der Waals surface area (Å²) in [5.74, 6) is 5.18. The van der Waals surface area contributed by atoms with Gasteiger partial charge in [0.2, 0.25) is 0 Å². The third-order valence-corrected chi connectivity index (χ3v) is 2.05. The van der Waals surface area contributed by atoms with Crippen molar-refractivity contribution >= 4 is 12.0 Å². The van der Waals surface area contributed by atoms with Crippen molar-refractivity contribution in [3.63, 3.8) is 0 Å². The highest BCUT2D eigenvalue weighted by Crippen LogP contribution is 2.21. The minimum Gasteiger partial charge on any atom is -0.480 e. The van der Waals surface area contributed by atoms with E-state index in [0.717, 1.165) is 17.2 Å². The number of hydrogen-bond donors (Lipinski definition) is 1. The molecular formula is C14H14O3. The van der Waals surface area contributed by atoms with Crippen LogP contribution in [0.1, 0.15) is 18.1 Å². The summed E-state index contributed by atoms with van der Waals surface area (Å²) in [6.45, 7) is 3.98. The summed E-state index contributed by atoms with van der Waals surface area (Å²) < 4.78 is 5.45. The maximum absolute atomic E-state index is 10.5. The van der Waals surface area contributed by atoms with Gasteiger partial charge in [0.05, 0.1) is 0 Å². The molecule has 3 nitrogen and oxygen atoms in total. The summed E-state index contributed by atoms with van der Waals surface area (Å²) in [7, 11) is 0. The summed E-state index contributed by atoms with van der Waals surface area (Å²) >= 11 is 0. The first-order valence-electron chi connectivity index (χ1n) is 5.17. The van der Waals surface area contributed by atoms with E-state index in [1.54, 1.807) is 6.92 Å². The molecule has 0 fully saturated rings. The molecule has 0 aromatic heterocycles. The summed E-state index contributed by atoms with van der Waals surface area (Å²) in [5, 5.41) is 8.60. The second kappa shape index (κ2) is 6.39. The van der Waals surface area contributed by atoms with Crippen LogP contribution in [-0.2, 0) is 4.79 Å². The SMILES string of the molecule is CC#CCOc1ccc(C)cc1C=CC(=O)O. The first kappa shape index (κ1) is 12.9. The smallest absolute Gasteiger partial charge is 0.328 e. The second-order valence-corrected chi connectivity index (χ2v) is 3.43. The van der Waals surface area contributed by atoms with Gasteiger partial charge in [-0.25, -0.2) is 4.79 Å². The number of carbonyl (C=O) groups is 1. The maximum atomic E-state index is 10.5. The highest BCUT2D eigenvalue weighted by atomic mass is 16.5. The third-order valence-electron chi connectivity index (χ3n) is 2.05. The Hall–Kier alpha value is -2.21. The van der Waals surface area contributed by atoms with Crippen LogP contribution in [0, 0.1) is 18.8 Å². The Morgan fingerprint density at radius 2 is 2.29 bits per heavy atom. The van der Waals surface area contributed by atoms with Gasteiger partial charge in [-0.15, -0.1) is 5.92 Å². The third kappa shape index (κ3) is 4.43. The van der Waals surface area contributed by atoms with E-state index in [2.05, 4.69) is 11.8 Å². The lowest BCUT2D eigenvalue weighted by molar-refractivity contribution is -0.131. The fourth-order valence-corrected chi connectivity index (χ4v) is 1.28. The van der Waals surface area contributed by atoms with E-state index in [9.17, 15) is 4.79 Å². The lowest BCUT2D eigenvalue weighted by Crippen LogP contribution is -1.96. The number of ether oxygens (including phenoxy) is 1. The van der Waals surface area contributed by atoms with Crippen LogP contribution in [0.25, 0.3) is 6.08 Å². The highest BCUT2D eigenvalue weighted by Gasteiger charge is 2.01. The molecule has 0 unspecified atom stereocenters. The Balaban J connectivity index is 2.93. The Labute approximate surface area is 101 Å². The van der Waals surface area contributed by atoms with Gasteiger partial charge in [0.25, 0.3) is 0 Å². The standard InChI is InChI=1S/C14H14O3/c1-3-4-9-17-13-7-5-11(2)10-12(13)6-8-14(15)16/h5-8,10H,9H2,1-2H3,(H,15,16). The summed E-state index contributed by atoms with van der Waals surface area (Å²) in [5.41, 5.74) is 1.79. The van der Waals surface area contributed by atoms with Gasteiger partial charge in [0, 0.05) is 11.6 Å². The minimum atomic E-state index is -0.981. The lowest BCUT2D eigenvalue weighted by Gasteiger charge is -2.07. The number of carboxylic acid groups (broad SMARTS) is 1. The van der Waals surface area contributed by atoms with Crippen LogP contribution < -0.4 is 4.74 Å². The Morgan fingerprint density at radius 1 is 1.53 bits per heavy atom. The molecule has 17 heavy (non-hydrogen) atoms. The number of hydrogen-bond acceptors (Lipinski definition) is 2. The fraction of sp³-hybridized carbons (Fsp3) is 0.214. The largest absolute Gasteiger partial charge is 0.480 e. The van der Waals surface area contributed by atoms with Gasteiger partial charge < -0.3 is 9.84 Å². The highest BCUT2D eigenvalue weighted by molar-refractivity contribution is 5.85. The predicted molar refractivity (Wildman–Crippen MR) is 66.8 cm³/mol. The first-order chi connectivity index (χ1) is 8.13. The van der Waals surface area contributed by atoms with Gasteiger partial charge in [-0.2, -0.15) is 0 Å². The van der Waals surface area contributed by atoms with Crippen LogP contribution >= 0.6 is 0 Å². The number of benzene rings is 1. The molecule has 0 atom stereocenters. The molecular weight excluding hydrogens is 216 g/mol. The van der Waals surface area contributed by atoms with Crippen LogP contribution in [0.15, 0.2) is 24.3 Å². The van der Waals surface area contributed by atoms with Crippen LogP contribution in [0.2, 0.25) is 0 Å². The van der Waals surface area contributed by atoms with Crippen LogP contribution in [0.4, 0.5) is 0 Å². The average Bonchev–Trinajstić information content (AvgIpc) is 2.29. The summed E-state index contributed by atoms with van der Waals surface area (Å²) in [6.07, 6.45) is 2.61. The fourth-order valence-electron chi connectivity index (χ4n) is 1.28. The van der Waals surface area contributed by atoms with E-state index in [0.29, 0.717) is 12.4 Å². The number of carboxylic acids is 1. The maximum Gasteiger partial charge on any atom is 0.328 e. The van der Waals surface area contributed by atoms with E-state index in [1.807, 2.05) is 25.1 Å². The molecule has 0 aliphatic heterocycles. The van der Waals surface area contributed by atoms with Crippen molar-refractivity contribution in [1.82, 2.24) is 0 Å². The van der Waals surface area contributed by atoms with Crippen LogP contribution in [0.3, 0.4) is 0 Å². The van der Waals surface area contributed by atoms with Gasteiger partial charge in [0.15, 0.2) is 0 Å². The van der Waals surface area contributed by atoms with Gasteiger partial charge in [-0.1, -0.05) is 17.6 Å². The monoisotopic (exact) mass is 230 g/mol. The molecule has 1 aromatic carbocycles. The normalized spacial score (nSPS) is 9.76. The molecule has 88 valence electrons. The Morgan fingerprint density at radius 3 is 2.94 bits per heavy atom. The second-order valence-electron chi connectivity index (χ2n) is 3.43. The van der Waals surface area contributed by atoms with Crippen molar-refractivity contribution in [2.45, 2.75) is 13.8 Å². The molecule has 1 N–H and O–H groups in total. The summed E-state index contributed by atoms with van der Waals surface area (Å²) in [4.78, 5) is 10.5. The zero-order valence-corrected chi connectivity index (χ0v) is 9.86.